The molecule has 2 aromatic heterocycles. The molecule has 6 nitrogen and oxygen atoms in total. The standard InChI is InChI=1S/C23H24N4O2/c28-26-21-7-5-16-12-17(4-6-19(16)21)20-13-18(14-27-10-2-1-3-11-27)29-23(20)22-8-9-24-15-25-22/h4,6,8-9,12-13,15,21H,1-3,5,7,10-11,14H2. The topological polar surface area (TPSA) is 71.6 Å². The van der Waals surface area contributed by atoms with Crippen LogP contribution in [-0.4, -0.2) is 28.0 Å². The Morgan fingerprint density at radius 3 is 2.83 bits per heavy atom. The van der Waals surface area contributed by atoms with Crippen LogP contribution in [0.2, 0.25) is 0 Å². The van der Waals surface area contributed by atoms with E-state index in [0.717, 1.165) is 66.4 Å². The number of hydrogen-bond donors (Lipinski definition) is 0. The van der Waals surface area contributed by atoms with Crippen molar-refractivity contribution >= 4 is 0 Å². The Kier molecular flexibility index (Phi) is 4.94. The number of piperidine rings is 1. The molecule has 2 aliphatic rings. The number of aromatic nitrogens is 2. The first-order valence-corrected chi connectivity index (χ1v) is 10.4. The summed E-state index contributed by atoms with van der Waals surface area (Å²) in [4.78, 5) is 22.0. The van der Waals surface area contributed by atoms with Gasteiger partial charge in [0.25, 0.3) is 0 Å². The van der Waals surface area contributed by atoms with Crippen LogP contribution in [0.3, 0.4) is 0 Å². The van der Waals surface area contributed by atoms with Crippen molar-refractivity contribution in [3.8, 4) is 22.6 Å². The SMILES string of the molecule is O=NC1CCc2cc(-c3cc(CN4CCCCC4)oc3-c3ccncn3)ccc21. The molecule has 0 saturated carbocycles. The molecular weight excluding hydrogens is 364 g/mol. The van der Waals surface area contributed by atoms with Gasteiger partial charge >= 0.3 is 0 Å². The third-order valence-corrected chi connectivity index (χ3v) is 6.05. The Balaban J connectivity index is 1.53. The van der Waals surface area contributed by atoms with Gasteiger partial charge in [-0.15, -0.1) is 0 Å². The van der Waals surface area contributed by atoms with Crippen LogP contribution in [0.1, 0.15) is 48.6 Å². The van der Waals surface area contributed by atoms with Crippen molar-refractivity contribution in [3.05, 3.63) is 64.7 Å². The minimum Gasteiger partial charge on any atom is -0.457 e. The third kappa shape index (κ3) is 3.60. The number of furan rings is 1. The number of aryl methyl sites for hydroxylation is 1. The van der Waals surface area contributed by atoms with Crippen LogP contribution in [0.25, 0.3) is 22.6 Å². The highest BCUT2D eigenvalue weighted by atomic mass is 16.3. The fourth-order valence-corrected chi connectivity index (χ4v) is 4.56. The second-order valence-corrected chi connectivity index (χ2v) is 7.96. The van der Waals surface area contributed by atoms with Crippen LogP contribution in [0.15, 0.2) is 52.5 Å². The van der Waals surface area contributed by atoms with Crippen molar-refractivity contribution in [1.29, 1.82) is 0 Å². The quantitative estimate of drug-likeness (QED) is 0.566. The summed E-state index contributed by atoms with van der Waals surface area (Å²) in [6, 6.07) is 10.1. The third-order valence-electron chi connectivity index (χ3n) is 6.05. The van der Waals surface area contributed by atoms with Crippen molar-refractivity contribution in [1.82, 2.24) is 14.9 Å². The monoisotopic (exact) mass is 388 g/mol. The second kappa shape index (κ2) is 7.87. The molecule has 6 heteroatoms. The van der Waals surface area contributed by atoms with E-state index in [1.807, 2.05) is 12.1 Å². The Morgan fingerprint density at radius 2 is 2.03 bits per heavy atom. The Hall–Kier alpha value is -2.86. The van der Waals surface area contributed by atoms with Crippen LogP contribution in [0.4, 0.5) is 0 Å². The van der Waals surface area contributed by atoms with E-state index < -0.39 is 0 Å². The van der Waals surface area contributed by atoms with Crippen LogP contribution in [0, 0.1) is 4.91 Å². The van der Waals surface area contributed by atoms with Gasteiger partial charge in [0.2, 0.25) is 0 Å². The molecule has 5 rings (SSSR count). The lowest BCUT2D eigenvalue weighted by atomic mass is 9.99. The number of fused-ring (bicyclic) bond motifs is 1. The summed E-state index contributed by atoms with van der Waals surface area (Å²) < 4.78 is 6.32. The minimum atomic E-state index is -0.209. The molecule has 148 valence electrons. The van der Waals surface area contributed by atoms with Gasteiger partial charge in [0.05, 0.1) is 6.54 Å². The molecule has 1 aliphatic carbocycles. The maximum absolute atomic E-state index is 11.1. The van der Waals surface area contributed by atoms with Crippen molar-refractivity contribution in [2.24, 2.45) is 5.18 Å². The number of likely N-dealkylation sites (tertiary alicyclic amines) is 1. The predicted octanol–water partition coefficient (Wildman–Crippen LogP) is 5.14. The summed E-state index contributed by atoms with van der Waals surface area (Å²) >= 11 is 0. The molecule has 1 fully saturated rings. The summed E-state index contributed by atoms with van der Waals surface area (Å²) in [6.45, 7) is 3.07. The van der Waals surface area contributed by atoms with E-state index in [1.165, 1.54) is 24.8 Å². The summed E-state index contributed by atoms with van der Waals surface area (Å²) in [7, 11) is 0. The zero-order valence-corrected chi connectivity index (χ0v) is 16.4. The molecular formula is C23H24N4O2. The van der Waals surface area contributed by atoms with Crippen molar-refractivity contribution in [2.75, 3.05) is 13.1 Å². The van der Waals surface area contributed by atoms with Gasteiger partial charge in [0.15, 0.2) is 5.76 Å². The Bertz CT molecular complexity index is 1010. The molecule has 1 unspecified atom stereocenters. The van der Waals surface area contributed by atoms with E-state index >= 15 is 0 Å². The van der Waals surface area contributed by atoms with E-state index in [4.69, 9.17) is 4.42 Å². The maximum atomic E-state index is 11.1. The van der Waals surface area contributed by atoms with Gasteiger partial charge in [-0.3, -0.25) is 4.90 Å². The predicted molar refractivity (Wildman–Crippen MR) is 111 cm³/mol. The summed E-state index contributed by atoms with van der Waals surface area (Å²) in [5, 5.41) is 3.27. The second-order valence-electron chi connectivity index (χ2n) is 7.96. The first kappa shape index (κ1) is 18.2. The fraction of sp³-hybridized carbons (Fsp3) is 0.391. The summed E-state index contributed by atoms with van der Waals surface area (Å²) in [6.07, 6.45) is 8.80. The molecule has 1 aromatic carbocycles. The normalized spacial score (nSPS) is 19.2. The molecule has 3 heterocycles. The minimum absolute atomic E-state index is 0.209. The highest BCUT2D eigenvalue weighted by Gasteiger charge is 2.25. The van der Waals surface area contributed by atoms with Gasteiger partial charge in [0.1, 0.15) is 23.8 Å². The molecule has 0 amide bonds. The Labute approximate surface area is 170 Å². The lowest BCUT2D eigenvalue weighted by Crippen LogP contribution is -2.28. The van der Waals surface area contributed by atoms with Gasteiger partial charge < -0.3 is 4.42 Å². The number of rotatable bonds is 5. The molecule has 0 bridgehead atoms. The van der Waals surface area contributed by atoms with E-state index in [9.17, 15) is 4.91 Å². The summed E-state index contributed by atoms with van der Waals surface area (Å²) in [5.41, 5.74) is 5.19. The molecule has 1 atom stereocenters. The van der Waals surface area contributed by atoms with Gasteiger partial charge in [0, 0.05) is 11.8 Å². The molecule has 1 saturated heterocycles. The zero-order valence-electron chi connectivity index (χ0n) is 16.4. The van der Waals surface area contributed by atoms with E-state index in [0.29, 0.717) is 0 Å². The van der Waals surface area contributed by atoms with E-state index in [-0.39, 0.29) is 6.04 Å². The molecule has 0 radical (unpaired) electrons. The lowest BCUT2D eigenvalue weighted by molar-refractivity contribution is 0.206. The number of hydrogen-bond acceptors (Lipinski definition) is 6. The molecule has 0 spiro atoms. The molecule has 3 aromatic rings. The van der Waals surface area contributed by atoms with Crippen molar-refractivity contribution in [2.45, 2.75) is 44.7 Å². The van der Waals surface area contributed by atoms with Crippen LogP contribution >= 0.6 is 0 Å². The molecule has 1 aliphatic heterocycles. The van der Waals surface area contributed by atoms with Crippen LogP contribution in [0.5, 0.6) is 0 Å². The molecule has 0 N–H and O–H groups in total. The fourth-order valence-electron chi connectivity index (χ4n) is 4.56. The van der Waals surface area contributed by atoms with Gasteiger partial charge in [-0.2, -0.15) is 4.91 Å². The Morgan fingerprint density at radius 1 is 1.14 bits per heavy atom. The number of nitrogens with zero attached hydrogens (tertiary/aromatic N) is 4. The van der Waals surface area contributed by atoms with Crippen LogP contribution in [-0.2, 0) is 13.0 Å². The first-order chi connectivity index (χ1) is 14.3. The van der Waals surface area contributed by atoms with Gasteiger partial charge in [-0.1, -0.05) is 29.8 Å². The van der Waals surface area contributed by atoms with E-state index in [2.05, 4.69) is 38.2 Å². The van der Waals surface area contributed by atoms with Gasteiger partial charge in [-0.25, -0.2) is 9.97 Å². The maximum Gasteiger partial charge on any atom is 0.160 e. The lowest BCUT2D eigenvalue weighted by Gasteiger charge is -2.25. The largest absolute Gasteiger partial charge is 0.457 e. The highest BCUT2D eigenvalue weighted by molar-refractivity contribution is 5.79. The first-order valence-electron chi connectivity index (χ1n) is 10.4. The average molecular weight is 388 g/mol. The highest BCUT2D eigenvalue weighted by Crippen LogP contribution is 2.40. The van der Waals surface area contributed by atoms with E-state index in [1.54, 1.807) is 12.5 Å². The van der Waals surface area contributed by atoms with Crippen molar-refractivity contribution in [3.63, 3.8) is 0 Å². The number of benzene rings is 1. The summed E-state index contributed by atoms with van der Waals surface area (Å²) in [5.74, 6) is 1.74. The smallest absolute Gasteiger partial charge is 0.160 e. The number of nitroso groups, excluding NO2 is 1. The average Bonchev–Trinajstić information content (AvgIpc) is 3.38. The molecule has 29 heavy (non-hydrogen) atoms. The van der Waals surface area contributed by atoms with Crippen molar-refractivity contribution < 1.29 is 4.42 Å². The van der Waals surface area contributed by atoms with Gasteiger partial charge in [-0.05, 0) is 67.6 Å². The zero-order chi connectivity index (χ0) is 19.6. The van der Waals surface area contributed by atoms with Crippen LogP contribution < -0.4 is 0 Å².